The second kappa shape index (κ2) is 5.79. The number of aryl methyl sites for hydroxylation is 1. The average Bonchev–Trinajstić information content (AvgIpc) is 3.11. The summed E-state index contributed by atoms with van der Waals surface area (Å²) in [5, 5.41) is 5.05. The average molecular weight is 321 g/mol. The van der Waals surface area contributed by atoms with Crippen molar-refractivity contribution in [3.05, 3.63) is 27.1 Å². The summed E-state index contributed by atoms with van der Waals surface area (Å²) in [5.41, 5.74) is -0.135. The van der Waals surface area contributed by atoms with Gasteiger partial charge in [-0.15, -0.1) is 0 Å². The van der Waals surface area contributed by atoms with Gasteiger partial charge in [0.1, 0.15) is 11.6 Å². The molecule has 1 aliphatic rings. The summed E-state index contributed by atoms with van der Waals surface area (Å²) in [6.45, 7) is 3.97. The van der Waals surface area contributed by atoms with Crippen molar-refractivity contribution in [2.45, 2.75) is 52.6 Å². The summed E-state index contributed by atoms with van der Waals surface area (Å²) in [6, 6.07) is 1.39. The second-order valence-electron chi connectivity index (χ2n) is 5.97. The highest BCUT2D eigenvalue weighted by Crippen LogP contribution is 2.38. The number of carbonyl (C=O) groups excluding carboxylic acids is 1. The van der Waals surface area contributed by atoms with E-state index >= 15 is 0 Å². The Kier molecular flexibility index (Phi) is 3.99. The Morgan fingerprint density at radius 3 is 2.86 bits per heavy atom. The summed E-state index contributed by atoms with van der Waals surface area (Å²) >= 11 is 1.38. The molecule has 0 saturated heterocycles. The number of aromatic nitrogens is 3. The standard InChI is InChI=1S/C15H19N3O3S/c1-3-11-17-18-12(19)8-10(16-14(18)22-11)9-21-13(20)15(2)6-4-5-7-15/h8H,3-7,9H2,1-2H3. The third kappa shape index (κ3) is 2.77. The number of fused-ring (bicyclic) bond motifs is 1. The molecule has 0 radical (unpaired) electrons. The molecule has 1 aliphatic carbocycles. The van der Waals surface area contributed by atoms with Crippen LogP contribution in [0.4, 0.5) is 0 Å². The molecule has 0 aromatic carbocycles. The minimum Gasteiger partial charge on any atom is -0.459 e. The number of rotatable bonds is 4. The molecular formula is C15H19N3O3S. The van der Waals surface area contributed by atoms with E-state index in [1.165, 1.54) is 21.9 Å². The molecule has 2 heterocycles. The van der Waals surface area contributed by atoms with Gasteiger partial charge >= 0.3 is 5.97 Å². The van der Waals surface area contributed by atoms with Crippen LogP contribution >= 0.6 is 11.3 Å². The lowest BCUT2D eigenvalue weighted by Gasteiger charge is -2.20. The van der Waals surface area contributed by atoms with Crippen LogP contribution in [-0.2, 0) is 22.6 Å². The van der Waals surface area contributed by atoms with Crippen LogP contribution in [0.1, 0.15) is 50.2 Å². The molecule has 0 amide bonds. The van der Waals surface area contributed by atoms with Crippen LogP contribution in [0.15, 0.2) is 10.9 Å². The molecule has 2 aromatic heterocycles. The van der Waals surface area contributed by atoms with Gasteiger partial charge < -0.3 is 4.74 Å². The van der Waals surface area contributed by atoms with Crippen molar-refractivity contribution >= 4 is 22.3 Å². The molecule has 0 unspecified atom stereocenters. The van der Waals surface area contributed by atoms with Gasteiger partial charge in [0.25, 0.3) is 5.56 Å². The van der Waals surface area contributed by atoms with Gasteiger partial charge in [-0.2, -0.15) is 9.61 Å². The Labute approximate surface area is 132 Å². The third-order valence-corrected chi connectivity index (χ3v) is 5.25. The van der Waals surface area contributed by atoms with E-state index < -0.39 is 0 Å². The monoisotopic (exact) mass is 321 g/mol. The second-order valence-corrected chi connectivity index (χ2v) is 7.01. The first-order valence-corrected chi connectivity index (χ1v) is 8.39. The maximum absolute atomic E-state index is 12.2. The molecule has 1 fully saturated rings. The van der Waals surface area contributed by atoms with Crippen molar-refractivity contribution in [3.63, 3.8) is 0 Å². The number of hydrogen-bond donors (Lipinski definition) is 0. The van der Waals surface area contributed by atoms with Crippen molar-refractivity contribution in [3.8, 4) is 0 Å². The lowest BCUT2D eigenvalue weighted by molar-refractivity contribution is -0.156. The van der Waals surface area contributed by atoms with Crippen molar-refractivity contribution in [2.24, 2.45) is 5.41 Å². The molecule has 6 nitrogen and oxygen atoms in total. The molecule has 0 bridgehead atoms. The van der Waals surface area contributed by atoms with E-state index in [1.54, 1.807) is 0 Å². The first kappa shape index (κ1) is 15.1. The van der Waals surface area contributed by atoms with Gasteiger partial charge in [0.15, 0.2) is 0 Å². The zero-order valence-corrected chi connectivity index (χ0v) is 13.6. The summed E-state index contributed by atoms with van der Waals surface area (Å²) in [4.78, 5) is 29.1. The fourth-order valence-corrected chi connectivity index (χ4v) is 3.64. The van der Waals surface area contributed by atoms with E-state index in [9.17, 15) is 9.59 Å². The number of nitrogens with zero attached hydrogens (tertiary/aromatic N) is 3. The smallest absolute Gasteiger partial charge is 0.312 e. The predicted octanol–water partition coefficient (Wildman–Crippen LogP) is 2.34. The Balaban J connectivity index is 1.76. The van der Waals surface area contributed by atoms with E-state index in [1.807, 2.05) is 13.8 Å². The summed E-state index contributed by atoms with van der Waals surface area (Å²) < 4.78 is 6.69. The van der Waals surface area contributed by atoms with Gasteiger partial charge in [-0.3, -0.25) is 9.59 Å². The lowest BCUT2D eigenvalue weighted by atomic mass is 9.89. The van der Waals surface area contributed by atoms with E-state index in [2.05, 4.69) is 10.1 Å². The topological polar surface area (TPSA) is 73.6 Å². The van der Waals surface area contributed by atoms with Crippen molar-refractivity contribution < 1.29 is 9.53 Å². The van der Waals surface area contributed by atoms with Crippen LogP contribution in [0.2, 0.25) is 0 Å². The molecule has 0 aliphatic heterocycles. The van der Waals surface area contributed by atoms with E-state index in [0.717, 1.165) is 37.1 Å². The fourth-order valence-electron chi connectivity index (χ4n) is 2.79. The molecule has 0 N–H and O–H groups in total. The Bertz CT molecular complexity index is 759. The molecule has 118 valence electrons. The SMILES string of the molecule is CCc1nn2c(=O)cc(COC(=O)C3(C)CCCC3)nc2s1. The fraction of sp³-hybridized carbons (Fsp3) is 0.600. The maximum Gasteiger partial charge on any atom is 0.312 e. The molecule has 2 aromatic rings. The molecule has 22 heavy (non-hydrogen) atoms. The van der Waals surface area contributed by atoms with Crippen molar-refractivity contribution in [2.75, 3.05) is 0 Å². The van der Waals surface area contributed by atoms with E-state index in [-0.39, 0.29) is 23.6 Å². The lowest BCUT2D eigenvalue weighted by Crippen LogP contribution is -2.27. The van der Waals surface area contributed by atoms with E-state index in [4.69, 9.17) is 4.74 Å². The van der Waals surface area contributed by atoms with Gasteiger partial charge in [0.2, 0.25) is 4.96 Å². The van der Waals surface area contributed by atoms with Gasteiger partial charge in [0.05, 0.1) is 11.1 Å². The van der Waals surface area contributed by atoms with Gasteiger partial charge in [-0.25, -0.2) is 4.98 Å². The number of ether oxygens (including phenoxy) is 1. The normalized spacial score (nSPS) is 17.0. The van der Waals surface area contributed by atoms with Gasteiger partial charge in [-0.05, 0) is 26.2 Å². The van der Waals surface area contributed by atoms with Gasteiger partial charge in [0, 0.05) is 6.07 Å². The van der Waals surface area contributed by atoms with Crippen molar-refractivity contribution in [1.29, 1.82) is 0 Å². The molecule has 0 spiro atoms. The van der Waals surface area contributed by atoms with Crippen molar-refractivity contribution in [1.82, 2.24) is 14.6 Å². The Hall–Kier alpha value is -1.76. The Morgan fingerprint density at radius 1 is 1.45 bits per heavy atom. The Morgan fingerprint density at radius 2 is 2.18 bits per heavy atom. The molecule has 3 rings (SSSR count). The summed E-state index contributed by atoms with van der Waals surface area (Å²) in [7, 11) is 0. The quantitative estimate of drug-likeness (QED) is 0.808. The number of carbonyl (C=O) groups is 1. The number of esters is 1. The van der Waals surface area contributed by atoms with Crippen LogP contribution in [0, 0.1) is 5.41 Å². The van der Waals surface area contributed by atoms with Crippen LogP contribution in [-0.4, -0.2) is 20.6 Å². The highest BCUT2D eigenvalue weighted by Gasteiger charge is 2.37. The van der Waals surface area contributed by atoms with Crippen LogP contribution in [0.25, 0.3) is 4.96 Å². The summed E-state index contributed by atoms with van der Waals surface area (Å²) in [5.74, 6) is -0.189. The van der Waals surface area contributed by atoms with Gasteiger partial charge in [-0.1, -0.05) is 31.1 Å². The molecule has 1 saturated carbocycles. The molecular weight excluding hydrogens is 302 g/mol. The highest BCUT2D eigenvalue weighted by atomic mass is 32.1. The predicted molar refractivity (Wildman–Crippen MR) is 82.9 cm³/mol. The molecule has 7 heteroatoms. The zero-order chi connectivity index (χ0) is 15.7. The zero-order valence-electron chi connectivity index (χ0n) is 12.8. The third-order valence-electron chi connectivity index (χ3n) is 4.19. The first-order chi connectivity index (χ1) is 10.5. The first-order valence-electron chi connectivity index (χ1n) is 7.58. The van der Waals surface area contributed by atoms with E-state index in [0.29, 0.717) is 10.7 Å². The van der Waals surface area contributed by atoms with Crippen LogP contribution in [0.3, 0.4) is 0 Å². The largest absolute Gasteiger partial charge is 0.459 e. The number of hydrogen-bond acceptors (Lipinski definition) is 6. The van der Waals surface area contributed by atoms with Crippen LogP contribution in [0.5, 0.6) is 0 Å². The molecule has 0 atom stereocenters. The minimum absolute atomic E-state index is 0.0412. The highest BCUT2D eigenvalue weighted by molar-refractivity contribution is 7.16. The maximum atomic E-state index is 12.2. The minimum atomic E-state index is -0.376. The van der Waals surface area contributed by atoms with Crippen LogP contribution < -0.4 is 5.56 Å². The summed E-state index contributed by atoms with van der Waals surface area (Å²) in [6.07, 6.45) is 4.64.